The molecule has 0 fully saturated rings. The smallest absolute Gasteiger partial charge is 0.242 e. The van der Waals surface area contributed by atoms with Gasteiger partial charge in [0, 0.05) is 17.2 Å². The highest BCUT2D eigenvalue weighted by molar-refractivity contribution is 7.99. The minimum Gasteiger partial charge on any atom is -0.353 e. The third kappa shape index (κ3) is 3.74. The quantitative estimate of drug-likeness (QED) is 0.557. The molecule has 3 rings (SSSR count). The largest absolute Gasteiger partial charge is 0.353 e. The fourth-order valence-electron chi connectivity index (χ4n) is 2.42. The summed E-state index contributed by atoms with van der Waals surface area (Å²) < 4.78 is 1.91. The number of carbonyl (C=O) groups excluding carboxylic acids is 1. The summed E-state index contributed by atoms with van der Waals surface area (Å²) in [5.74, 6) is 0.870. The molecule has 3 aromatic rings. The maximum absolute atomic E-state index is 12.3. The van der Waals surface area contributed by atoms with Crippen LogP contribution in [-0.4, -0.2) is 27.8 Å². The summed E-state index contributed by atoms with van der Waals surface area (Å²) in [7, 11) is 0. The molecule has 0 aliphatic rings. The molecule has 1 amide bonds. The van der Waals surface area contributed by atoms with E-state index in [1.165, 1.54) is 4.90 Å². The van der Waals surface area contributed by atoms with Crippen molar-refractivity contribution in [3.05, 3.63) is 60.9 Å². The van der Waals surface area contributed by atoms with Crippen molar-refractivity contribution in [1.29, 1.82) is 0 Å². The molecular weight excluding hydrogens is 306 g/mol. The Bertz CT molecular complexity index is 785. The van der Waals surface area contributed by atoms with E-state index in [0.29, 0.717) is 6.54 Å². The Labute approximate surface area is 139 Å². The van der Waals surface area contributed by atoms with Crippen molar-refractivity contribution in [1.82, 2.24) is 14.9 Å². The summed E-state index contributed by atoms with van der Waals surface area (Å²) >= 11 is 1.74. The van der Waals surface area contributed by atoms with Crippen LogP contribution in [0.25, 0.3) is 11.0 Å². The van der Waals surface area contributed by atoms with E-state index in [2.05, 4.69) is 22.4 Å². The van der Waals surface area contributed by atoms with Gasteiger partial charge in [-0.3, -0.25) is 4.79 Å². The maximum atomic E-state index is 12.3. The van der Waals surface area contributed by atoms with Crippen LogP contribution in [0.4, 0.5) is 0 Å². The molecule has 0 unspecified atom stereocenters. The third-order valence-corrected chi connectivity index (χ3v) is 4.70. The van der Waals surface area contributed by atoms with Crippen LogP contribution in [0.1, 0.15) is 13.0 Å². The third-order valence-electron chi connectivity index (χ3n) is 3.69. The van der Waals surface area contributed by atoms with Gasteiger partial charge in [0.05, 0.1) is 17.4 Å². The predicted octanol–water partition coefficient (Wildman–Crippen LogP) is 3.51. The van der Waals surface area contributed by atoms with E-state index in [1.807, 2.05) is 54.0 Å². The highest BCUT2D eigenvalue weighted by Gasteiger charge is 2.16. The molecule has 0 saturated heterocycles. The van der Waals surface area contributed by atoms with Gasteiger partial charge in [0.15, 0.2) is 0 Å². The van der Waals surface area contributed by atoms with E-state index in [9.17, 15) is 4.79 Å². The summed E-state index contributed by atoms with van der Waals surface area (Å²) in [5, 5.41) is 3.00. The molecular formula is C18H19N3OS. The second-order valence-electron chi connectivity index (χ2n) is 5.27. The Balaban J connectivity index is 1.54. The number of imidazole rings is 1. The summed E-state index contributed by atoms with van der Waals surface area (Å²) in [6.45, 7) is 2.54. The highest BCUT2D eigenvalue weighted by atomic mass is 32.2. The lowest BCUT2D eigenvalue weighted by atomic mass is 10.2. The van der Waals surface area contributed by atoms with Crippen molar-refractivity contribution in [2.75, 3.05) is 12.3 Å². The number of rotatable bonds is 6. The number of amides is 1. The lowest BCUT2D eigenvalue weighted by Crippen LogP contribution is -2.32. The van der Waals surface area contributed by atoms with Gasteiger partial charge in [-0.05, 0) is 31.2 Å². The number of nitrogens with zero attached hydrogens (tertiary/aromatic N) is 2. The Morgan fingerprint density at radius 3 is 2.74 bits per heavy atom. The Morgan fingerprint density at radius 1 is 1.17 bits per heavy atom. The van der Waals surface area contributed by atoms with Crippen LogP contribution in [0.2, 0.25) is 0 Å². The number of thioether (sulfide) groups is 1. The number of carbonyl (C=O) groups is 1. The molecule has 1 N–H and O–H groups in total. The Hall–Kier alpha value is -2.27. The molecule has 1 aromatic heterocycles. The van der Waals surface area contributed by atoms with Crippen LogP contribution in [0.5, 0.6) is 0 Å². The van der Waals surface area contributed by atoms with E-state index >= 15 is 0 Å². The van der Waals surface area contributed by atoms with Crippen LogP contribution in [0, 0.1) is 0 Å². The molecule has 4 nitrogen and oxygen atoms in total. The van der Waals surface area contributed by atoms with E-state index in [1.54, 1.807) is 18.1 Å². The molecule has 0 saturated carbocycles. The van der Waals surface area contributed by atoms with Gasteiger partial charge in [0.25, 0.3) is 0 Å². The summed E-state index contributed by atoms with van der Waals surface area (Å²) in [5.41, 5.74) is 1.89. The van der Waals surface area contributed by atoms with Crippen molar-refractivity contribution in [3.8, 4) is 0 Å². The molecule has 0 spiro atoms. The summed E-state index contributed by atoms with van der Waals surface area (Å²) in [6.07, 6.45) is 1.73. The number of fused-ring (bicyclic) bond motifs is 1. The molecule has 0 radical (unpaired) electrons. The van der Waals surface area contributed by atoms with Crippen molar-refractivity contribution >= 4 is 28.7 Å². The van der Waals surface area contributed by atoms with E-state index in [0.717, 1.165) is 16.8 Å². The number of hydrogen-bond donors (Lipinski definition) is 1. The van der Waals surface area contributed by atoms with E-state index in [4.69, 9.17) is 0 Å². The van der Waals surface area contributed by atoms with Gasteiger partial charge in [-0.1, -0.05) is 30.3 Å². The zero-order valence-electron chi connectivity index (χ0n) is 13.0. The summed E-state index contributed by atoms with van der Waals surface area (Å²) in [6, 6.07) is 17.8. The fraction of sp³-hybridized carbons (Fsp3) is 0.222. The SMILES string of the molecule is C[C@H](C(=O)NCCSc1ccccc1)n1cnc2ccccc21. The lowest BCUT2D eigenvalue weighted by Gasteiger charge is -2.14. The van der Waals surface area contributed by atoms with Crippen LogP contribution in [-0.2, 0) is 4.79 Å². The van der Waals surface area contributed by atoms with Crippen LogP contribution < -0.4 is 5.32 Å². The zero-order valence-corrected chi connectivity index (χ0v) is 13.8. The standard InChI is InChI=1S/C18H19N3OS/c1-14(21-13-20-16-9-5-6-10-17(16)21)18(22)19-11-12-23-15-7-3-2-4-8-15/h2-10,13-14H,11-12H2,1H3,(H,19,22)/t14-/m1/s1. The van der Waals surface area contributed by atoms with Gasteiger partial charge in [-0.2, -0.15) is 0 Å². The van der Waals surface area contributed by atoms with Crippen LogP contribution >= 0.6 is 11.8 Å². The first-order valence-electron chi connectivity index (χ1n) is 7.63. The Kier molecular flexibility index (Phi) is 4.98. The average molecular weight is 325 g/mol. The number of nitrogens with one attached hydrogen (secondary N) is 1. The first-order valence-corrected chi connectivity index (χ1v) is 8.61. The minimum absolute atomic E-state index is 0.0156. The van der Waals surface area contributed by atoms with Crippen molar-refractivity contribution in [2.45, 2.75) is 17.9 Å². The fourth-order valence-corrected chi connectivity index (χ4v) is 3.21. The normalized spacial score (nSPS) is 12.2. The molecule has 0 aliphatic heterocycles. The van der Waals surface area contributed by atoms with Gasteiger partial charge in [0.2, 0.25) is 5.91 Å². The molecule has 0 bridgehead atoms. The molecule has 0 aliphatic carbocycles. The van der Waals surface area contributed by atoms with Gasteiger partial charge >= 0.3 is 0 Å². The monoisotopic (exact) mass is 325 g/mol. The number of para-hydroxylation sites is 2. The topological polar surface area (TPSA) is 46.9 Å². The lowest BCUT2D eigenvalue weighted by molar-refractivity contribution is -0.123. The zero-order chi connectivity index (χ0) is 16.1. The van der Waals surface area contributed by atoms with Gasteiger partial charge < -0.3 is 9.88 Å². The minimum atomic E-state index is -0.274. The van der Waals surface area contributed by atoms with E-state index in [-0.39, 0.29) is 11.9 Å². The summed E-state index contributed by atoms with van der Waals surface area (Å²) in [4.78, 5) is 17.9. The number of aromatic nitrogens is 2. The molecule has 23 heavy (non-hydrogen) atoms. The van der Waals surface area contributed by atoms with Crippen LogP contribution in [0.3, 0.4) is 0 Å². The van der Waals surface area contributed by atoms with Gasteiger partial charge in [0.1, 0.15) is 6.04 Å². The Morgan fingerprint density at radius 2 is 1.91 bits per heavy atom. The highest BCUT2D eigenvalue weighted by Crippen LogP contribution is 2.18. The molecule has 118 valence electrons. The number of benzene rings is 2. The first kappa shape index (κ1) is 15.6. The predicted molar refractivity (Wildman–Crippen MR) is 94.6 cm³/mol. The average Bonchev–Trinajstić information content (AvgIpc) is 3.03. The molecule has 1 heterocycles. The van der Waals surface area contributed by atoms with Gasteiger partial charge in [-0.25, -0.2) is 4.98 Å². The van der Waals surface area contributed by atoms with Crippen molar-refractivity contribution in [3.63, 3.8) is 0 Å². The van der Waals surface area contributed by atoms with Crippen molar-refractivity contribution < 1.29 is 4.79 Å². The van der Waals surface area contributed by atoms with Gasteiger partial charge in [-0.15, -0.1) is 11.8 Å². The molecule has 5 heteroatoms. The molecule has 1 atom stereocenters. The molecule has 2 aromatic carbocycles. The maximum Gasteiger partial charge on any atom is 0.242 e. The van der Waals surface area contributed by atoms with Crippen molar-refractivity contribution in [2.24, 2.45) is 0 Å². The number of hydrogen-bond acceptors (Lipinski definition) is 3. The van der Waals surface area contributed by atoms with Crippen LogP contribution in [0.15, 0.2) is 65.8 Å². The first-order chi connectivity index (χ1) is 11.3. The van der Waals surface area contributed by atoms with E-state index < -0.39 is 0 Å². The second-order valence-corrected chi connectivity index (χ2v) is 6.44. The second kappa shape index (κ2) is 7.33.